The lowest BCUT2D eigenvalue weighted by Gasteiger charge is -2.31. The van der Waals surface area contributed by atoms with Crippen LogP contribution < -0.4 is 24.8 Å². The van der Waals surface area contributed by atoms with Crippen molar-refractivity contribution in [1.29, 1.82) is 0 Å². The summed E-state index contributed by atoms with van der Waals surface area (Å²) in [6, 6.07) is 4.12. The molecule has 1 aromatic rings. The van der Waals surface area contributed by atoms with Gasteiger partial charge in [0.1, 0.15) is 0 Å². The maximum Gasteiger partial charge on any atom is 0.241 e. The van der Waals surface area contributed by atoms with Gasteiger partial charge in [-0.1, -0.05) is 19.8 Å². The molecule has 2 unspecified atom stereocenters. The number of hydrogen-bond acceptors (Lipinski definition) is 5. The zero-order valence-electron chi connectivity index (χ0n) is 19.1. The standard InChI is InChI=1S/C22H36N4O4/c1-15-9-7-8-10-17(15)25-22(24-14-20(27)26(2)3)23-13-16-11-18(28-4)21(30-6)19(12-16)29-5/h11-12,15,17H,7-10,13-14H2,1-6H3,(H2,23,24,25). The third kappa shape index (κ3) is 6.43. The smallest absolute Gasteiger partial charge is 0.241 e. The summed E-state index contributed by atoms with van der Waals surface area (Å²) in [5.74, 6) is 2.93. The molecule has 8 nitrogen and oxygen atoms in total. The number of carbonyl (C=O) groups excluding carboxylic acids is 1. The highest BCUT2D eigenvalue weighted by Gasteiger charge is 2.22. The highest BCUT2D eigenvalue weighted by Crippen LogP contribution is 2.38. The summed E-state index contributed by atoms with van der Waals surface area (Å²) in [4.78, 5) is 18.3. The van der Waals surface area contributed by atoms with E-state index < -0.39 is 0 Å². The highest BCUT2D eigenvalue weighted by molar-refractivity contribution is 5.86. The maximum atomic E-state index is 12.0. The average Bonchev–Trinajstić information content (AvgIpc) is 2.75. The molecule has 0 radical (unpaired) electrons. The normalized spacial score (nSPS) is 19.1. The quantitative estimate of drug-likeness (QED) is 0.496. The lowest BCUT2D eigenvalue weighted by atomic mass is 9.86. The molecule has 30 heavy (non-hydrogen) atoms. The predicted molar refractivity (Wildman–Crippen MR) is 118 cm³/mol. The number of amides is 1. The fourth-order valence-electron chi connectivity index (χ4n) is 3.57. The predicted octanol–water partition coefficient (Wildman–Crippen LogP) is 2.41. The van der Waals surface area contributed by atoms with Gasteiger partial charge in [0.05, 0.1) is 34.4 Å². The molecule has 0 bridgehead atoms. The Hall–Kier alpha value is -2.64. The van der Waals surface area contributed by atoms with Gasteiger partial charge in [-0.15, -0.1) is 0 Å². The second-order valence-corrected chi connectivity index (χ2v) is 7.85. The van der Waals surface area contributed by atoms with E-state index in [9.17, 15) is 4.79 Å². The zero-order valence-corrected chi connectivity index (χ0v) is 19.1. The molecule has 1 saturated carbocycles. The largest absolute Gasteiger partial charge is 0.493 e. The molecule has 2 rings (SSSR count). The van der Waals surface area contributed by atoms with Crippen molar-refractivity contribution < 1.29 is 19.0 Å². The molecule has 1 aliphatic rings. The Morgan fingerprint density at radius 1 is 1.10 bits per heavy atom. The van der Waals surface area contributed by atoms with E-state index in [1.54, 1.807) is 40.3 Å². The van der Waals surface area contributed by atoms with Crippen LogP contribution in [0.15, 0.2) is 17.1 Å². The first-order valence-electron chi connectivity index (χ1n) is 10.4. The monoisotopic (exact) mass is 420 g/mol. The third-order valence-electron chi connectivity index (χ3n) is 5.48. The first kappa shape index (κ1) is 23.6. The summed E-state index contributed by atoms with van der Waals surface area (Å²) in [6.07, 6.45) is 4.78. The number of aliphatic imine (C=N–C) groups is 1. The summed E-state index contributed by atoms with van der Waals surface area (Å²) in [5, 5.41) is 6.71. The van der Waals surface area contributed by atoms with Crippen molar-refractivity contribution in [2.24, 2.45) is 10.9 Å². The Labute approximate surface area is 180 Å². The molecule has 0 aromatic heterocycles. The summed E-state index contributed by atoms with van der Waals surface area (Å²) in [7, 11) is 8.25. The Morgan fingerprint density at radius 2 is 1.73 bits per heavy atom. The third-order valence-corrected chi connectivity index (χ3v) is 5.48. The van der Waals surface area contributed by atoms with E-state index in [-0.39, 0.29) is 12.5 Å². The van der Waals surface area contributed by atoms with E-state index in [0.717, 1.165) is 12.0 Å². The Kier molecular flexibility index (Phi) is 9.08. The van der Waals surface area contributed by atoms with E-state index in [2.05, 4.69) is 17.6 Å². The van der Waals surface area contributed by atoms with Crippen molar-refractivity contribution in [3.8, 4) is 17.2 Å². The fraction of sp³-hybridized carbons (Fsp3) is 0.636. The van der Waals surface area contributed by atoms with E-state index in [1.165, 1.54) is 19.3 Å². The van der Waals surface area contributed by atoms with Crippen LogP contribution in [0.5, 0.6) is 17.2 Å². The van der Waals surface area contributed by atoms with Gasteiger partial charge in [-0.25, -0.2) is 4.99 Å². The minimum Gasteiger partial charge on any atom is -0.493 e. The van der Waals surface area contributed by atoms with Crippen LogP contribution in [-0.4, -0.2) is 64.8 Å². The highest BCUT2D eigenvalue weighted by atomic mass is 16.5. The molecule has 0 aliphatic heterocycles. The topological polar surface area (TPSA) is 84.4 Å². The number of ether oxygens (including phenoxy) is 3. The molecule has 2 atom stereocenters. The number of guanidine groups is 1. The molecule has 0 saturated heterocycles. The van der Waals surface area contributed by atoms with Crippen LogP contribution in [0.3, 0.4) is 0 Å². The van der Waals surface area contributed by atoms with Gasteiger partial charge < -0.3 is 29.7 Å². The second kappa shape index (κ2) is 11.5. The Morgan fingerprint density at radius 3 is 2.27 bits per heavy atom. The van der Waals surface area contributed by atoms with Crippen LogP contribution in [0, 0.1) is 5.92 Å². The van der Waals surface area contributed by atoms with Gasteiger partial charge in [0, 0.05) is 20.1 Å². The molecular weight excluding hydrogens is 384 g/mol. The number of rotatable bonds is 8. The number of likely N-dealkylation sites (N-methyl/N-ethyl adjacent to an activating group) is 1. The molecule has 1 fully saturated rings. The van der Waals surface area contributed by atoms with Crippen LogP contribution in [0.2, 0.25) is 0 Å². The molecule has 0 heterocycles. The van der Waals surface area contributed by atoms with E-state index in [1.807, 2.05) is 12.1 Å². The fourth-order valence-corrected chi connectivity index (χ4v) is 3.57. The van der Waals surface area contributed by atoms with Crippen molar-refractivity contribution in [2.45, 2.75) is 45.2 Å². The van der Waals surface area contributed by atoms with Crippen molar-refractivity contribution in [3.05, 3.63) is 17.7 Å². The summed E-state index contributed by atoms with van der Waals surface area (Å²) >= 11 is 0. The van der Waals surface area contributed by atoms with Crippen molar-refractivity contribution >= 4 is 11.9 Å². The van der Waals surface area contributed by atoms with Crippen molar-refractivity contribution in [3.63, 3.8) is 0 Å². The van der Waals surface area contributed by atoms with E-state index in [0.29, 0.717) is 41.7 Å². The molecule has 8 heteroatoms. The summed E-state index contributed by atoms with van der Waals surface area (Å²) < 4.78 is 16.3. The minimum absolute atomic E-state index is 0.00558. The summed E-state index contributed by atoms with van der Waals surface area (Å²) in [6.45, 7) is 2.86. The van der Waals surface area contributed by atoms with Gasteiger partial charge in [0.15, 0.2) is 17.5 Å². The average molecular weight is 421 g/mol. The van der Waals surface area contributed by atoms with Gasteiger partial charge in [-0.3, -0.25) is 4.79 Å². The number of benzene rings is 1. The van der Waals surface area contributed by atoms with Crippen molar-refractivity contribution in [1.82, 2.24) is 15.5 Å². The number of methoxy groups -OCH3 is 3. The Bertz CT molecular complexity index is 711. The maximum absolute atomic E-state index is 12.0. The lowest BCUT2D eigenvalue weighted by Crippen LogP contribution is -2.49. The van der Waals surface area contributed by atoms with E-state index >= 15 is 0 Å². The van der Waals surface area contributed by atoms with Crippen LogP contribution in [-0.2, 0) is 11.3 Å². The minimum atomic E-state index is -0.00558. The molecule has 1 aliphatic carbocycles. The van der Waals surface area contributed by atoms with Crippen LogP contribution in [0.25, 0.3) is 0 Å². The first-order valence-corrected chi connectivity index (χ1v) is 10.4. The zero-order chi connectivity index (χ0) is 22.1. The van der Waals surface area contributed by atoms with Gasteiger partial charge in [0.2, 0.25) is 11.7 Å². The molecule has 0 spiro atoms. The van der Waals surface area contributed by atoms with Gasteiger partial charge in [-0.05, 0) is 36.5 Å². The molecule has 168 valence electrons. The molecule has 1 amide bonds. The summed E-state index contributed by atoms with van der Waals surface area (Å²) in [5.41, 5.74) is 0.918. The lowest BCUT2D eigenvalue weighted by molar-refractivity contribution is -0.127. The van der Waals surface area contributed by atoms with Crippen LogP contribution in [0.4, 0.5) is 0 Å². The van der Waals surface area contributed by atoms with Gasteiger partial charge in [0.25, 0.3) is 0 Å². The van der Waals surface area contributed by atoms with Gasteiger partial charge >= 0.3 is 0 Å². The Balaban J connectivity index is 2.20. The molecular formula is C22H36N4O4. The number of nitrogens with one attached hydrogen (secondary N) is 2. The number of carbonyl (C=O) groups is 1. The van der Waals surface area contributed by atoms with Crippen LogP contribution >= 0.6 is 0 Å². The number of hydrogen-bond donors (Lipinski definition) is 2. The first-order chi connectivity index (χ1) is 14.4. The second-order valence-electron chi connectivity index (χ2n) is 7.85. The SMILES string of the molecule is COc1cc(CN=C(NCC(=O)N(C)C)NC2CCCCC2C)cc(OC)c1OC. The van der Waals surface area contributed by atoms with E-state index in [4.69, 9.17) is 19.2 Å². The van der Waals surface area contributed by atoms with Crippen molar-refractivity contribution in [2.75, 3.05) is 42.0 Å². The molecule has 1 aromatic carbocycles. The van der Waals surface area contributed by atoms with Crippen LogP contribution in [0.1, 0.15) is 38.2 Å². The van der Waals surface area contributed by atoms with Gasteiger partial charge in [-0.2, -0.15) is 0 Å². The number of nitrogens with zero attached hydrogens (tertiary/aromatic N) is 2. The molecule has 2 N–H and O–H groups in total.